The maximum absolute atomic E-state index is 8.60. The van der Waals surface area contributed by atoms with E-state index in [1.807, 2.05) is 26.2 Å². The molecule has 1 unspecified atom stereocenters. The van der Waals surface area contributed by atoms with Crippen molar-refractivity contribution in [1.29, 1.82) is 5.26 Å². The van der Waals surface area contributed by atoms with Gasteiger partial charge in [-0.25, -0.2) is 0 Å². The average Bonchev–Trinajstić information content (AvgIpc) is 2.35. The summed E-state index contributed by atoms with van der Waals surface area (Å²) in [4.78, 5) is 2.13. The molecule has 1 aromatic rings. The number of nitrogens with zero attached hydrogens (tertiary/aromatic N) is 2. The summed E-state index contributed by atoms with van der Waals surface area (Å²) >= 11 is 0. The van der Waals surface area contributed by atoms with Gasteiger partial charge < -0.3 is 10.2 Å². The fourth-order valence-electron chi connectivity index (χ4n) is 1.69. The monoisotopic (exact) mass is 217 g/mol. The minimum atomic E-state index is 0.320. The first kappa shape index (κ1) is 12.5. The van der Waals surface area contributed by atoms with Crippen LogP contribution in [-0.2, 0) is 0 Å². The number of hydrogen-bond donors (Lipinski definition) is 1. The van der Waals surface area contributed by atoms with E-state index in [-0.39, 0.29) is 0 Å². The summed E-state index contributed by atoms with van der Waals surface area (Å²) in [5.41, 5.74) is 2.46. The summed E-state index contributed by atoms with van der Waals surface area (Å²) in [5, 5.41) is 11.8. The molecule has 0 bridgehead atoms. The van der Waals surface area contributed by atoms with Crippen LogP contribution in [0.2, 0.25) is 0 Å². The number of anilines is 1. The smallest absolute Gasteiger partial charge is 0.0640 e. The van der Waals surface area contributed by atoms with Crippen LogP contribution in [0.5, 0.6) is 0 Å². The van der Waals surface area contributed by atoms with E-state index in [9.17, 15) is 0 Å². The highest BCUT2D eigenvalue weighted by molar-refractivity contribution is 5.54. The molecule has 0 fully saturated rings. The molecule has 0 saturated carbocycles. The summed E-state index contributed by atoms with van der Waals surface area (Å²) in [7, 11) is 3.98. The van der Waals surface area contributed by atoms with Crippen LogP contribution in [0.15, 0.2) is 24.3 Å². The standard InChI is InChI=1S/C13H19N3/c1-11(15-2)12-7-4-5-8-13(12)16(3)10-6-9-14/h4-5,7-8,11,15H,6,10H2,1-3H3. The normalized spacial score (nSPS) is 11.9. The molecular formula is C13H19N3. The Hall–Kier alpha value is -1.53. The van der Waals surface area contributed by atoms with Gasteiger partial charge >= 0.3 is 0 Å². The summed E-state index contributed by atoms with van der Waals surface area (Å²) in [6.45, 7) is 2.90. The first-order valence-electron chi connectivity index (χ1n) is 5.55. The number of nitriles is 1. The van der Waals surface area contributed by atoms with Crippen molar-refractivity contribution in [2.75, 3.05) is 25.5 Å². The summed E-state index contributed by atoms with van der Waals surface area (Å²) < 4.78 is 0. The van der Waals surface area contributed by atoms with Crippen LogP contribution in [0.25, 0.3) is 0 Å². The highest BCUT2D eigenvalue weighted by Crippen LogP contribution is 2.25. The van der Waals surface area contributed by atoms with Gasteiger partial charge in [0.1, 0.15) is 0 Å². The quantitative estimate of drug-likeness (QED) is 0.822. The maximum Gasteiger partial charge on any atom is 0.0640 e. The fraction of sp³-hybridized carbons (Fsp3) is 0.462. The van der Waals surface area contributed by atoms with Crippen molar-refractivity contribution in [3.05, 3.63) is 29.8 Å². The van der Waals surface area contributed by atoms with Crippen LogP contribution in [0, 0.1) is 11.3 Å². The van der Waals surface area contributed by atoms with Gasteiger partial charge in [-0.2, -0.15) is 5.26 Å². The molecule has 0 aliphatic rings. The van der Waals surface area contributed by atoms with E-state index < -0.39 is 0 Å². The Morgan fingerprint density at radius 3 is 2.75 bits per heavy atom. The number of hydrogen-bond acceptors (Lipinski definition) is 3. The Balaban J connectivity index is 2.90. The molecule has 0 aromatic heterocycles. The molecule has 0 spiro atoms. The molecule has 0 heterocycles. The van der Waals surface area contributed by atoms with E-state index in [2.05, 4.69) is 35.3 Å². The van der Waals surface area contributed by atoms with E-state index in [4.69, 9.17) is 5.26 Å². The van der Waals surface area contributed by atoms with Gasteiger partial charge in [-0.05, 0) is 25.6 Å². The summed E-state index contributed by atoms with van der Waals surface area (Å²) in [6.07, 6.45) is 0.554. The predicted molar refractivity (Wildman–Crippen MR) is 67.4 cm³/mol. The summed E-state index contributed by atoms with van der Waals surface area (Å²) in [6, 6.07) is 10.8. The van der Waals surface area contributed by atoms with Crippen LogP contribution in [0.4, 0.5) is 5.69 Å². The van der Waals surface area contributed by atoms with Crippen molar-refractivity contribution in [3.8, 4) is 6.07 Å². The lowest BCUT2D eigenvalue weighted by molar-refractivity contribution is 0.650. The van der Waals surface area contributed by atoms with E-state index >= 15 is 0 Å². The molecule has 1 N–H and O–H groups in total. The van der Waals surface area contributed by atoms with Crippen molar-refractivity contribution in [2.45, 2.75) is 19.4 Å². The van der Waals surface area contributed by atoms with Crippen molar-refractivity contribution in [1.82, 2.24) is 5.32 Å². The molecule has 16 heavy (non-hydrogen) atoms. The summed E-state index contributed by atoms with van der Waals surface area (Å²) in [5.74, 6) is 0. The van der Waals surface area contributed by atoms with Crippen molar-refractivity contribution >= 4 is 5.69 Å². The number of nitrogens with one attached hydrogen (secondary N) is 1. The third-order valence-corrected chi connectivity index (χ3v) is 2.81. The van der Waals surface area contributed by atoms with Gasteiger partial charge in [-0.3, -0.25) is 0 Å². The van der Waals surface area contributed by atoms with E-state index in [0.29, 0.717) is 12.5 Å². The Bertz CT molecular complexity index is 368. The molecule has 0 radical (unpaired) electrons. The molecule has 1 aromatic carbocycles. The minimum Gasteiger partial charge on any atom is -0.373 e. The minimum absolute atomic E-state index is 0.320. The van der Waals surface area contributed by atoms with Crippen LogP contribution in [-0.4, -0.2) is 20.6 Å². The molecule has 0 aliphatic carbocycles. The van der Waals surface area contributed by atoms with Gasteiger partial charge in [0.05, 0.1) is 12.5 Å². The molecule has 3 nitrogen and oxygen atoms in total. The van der Waals surface area contributed by atoms with Crippen LogP contribution in [0.3, 0.4) is 0 Å². The van der Waals surface area contributed by atoms with Crippen molar-refractivity contribution in [2.24, 2.45) is 0 Å². The molecule has 1 rings (SSSR count). The zero-order chi connectivity index (χ0) is 12.0. The lowest BCUT2D eigenvalue weighted by Crippen LogP contribution is -2.22. The number of rotatable bonds is 5. The highest BCUT2D eigenvalue weighted by atomic mass is 15.1. The second kappa shape index (κ2) is 6.14. The lowest BCUT2D eigenvalue weighted by Gasteiger charge is -2.24. The molecule has 0 saturated heterocycles. The van der Waals surface area contributed by atoms with E-state index in [1.54, 1.807) is 0 Å². The van der Waals surface area contributed by atoms with Crippen LogP contribution >= 0.6 is 0 Å². The van der Waals surface area contributed by atoms with Crippen LogP contribution < -0.4 is 10.2 Å². The molecule has 86 valence electrons. The zero-order valence-electron chi connectivity index (χ0n) is 10.2. The Kier molecular flexibility index (Phi) is 4.81. The third kappa shape index (κ3) is 2.98. The zero-order valence-corrected chi connectivity index (χ0v) is 10.2. The van der Waals surface area contributed by atoms with Crippen molar-refractivity contribution < 1.29 is 0 Å². The second-order valence-electron chi connectivity index (χ2n) is 3.90. The van der Waals surface area contributed by atoms with Gasteiger partial charge in [0.2, 0.25) is 0 Å². The van der Waals surface area contributed by atoms with Crippen LogP contribution in [0.1, 0.15) is 24.9 Å². The first-order valence-corrected chi connectivity index (χ1v) is 5.55. The number of benzene rings is 1. The van der Waals surface area contributed by atoms with Gasteiger partial charge in [0, 0.05) is 25.3 Å². The highest BCUT2D eigenvalue weighted by Gasteiger charge is 2.10. The molecule has 0 aliphatic heterocycles. The van der Waals surface area contributed by atoms with Gasteiger partial charge in [0.25, 0.3) is 0 Å². The van der Waals surface area contributed by atoms with Crippen molar-refractivity contribution in [3.63, 3.8) is 0 Å². The maximum atomic E-state index is 8.60. The molecular weight excluding hydrogens is 198 g/mol. The Morgan fingerprint density at radius 2 is 2.12 bits per heavy atom. The Morgan fingerprint density at radius 1 is 1.44 bits per heavy atom. The predicted octanol–water partition coefficient (Wildman–Crippen LogP) is 2.32. The first-order chi connectivity index (χ1) is 7.70. The molecule has 0 amide bonds. The SMILES string of the molecule is CNC(C)c1ccccc1N(C)CCC#N. The fourth-order valence-corrected chi connectivity index (χ4v) is 1.69. The van der Waals surface area contributed by atoms with Gasteiger partial charge in [-0.1, -0.05) is 18.2 Å². The largest absolute Gasteiger partial charge is 0.373 e. The Labute approximate surface area is 97.7 Å². The average molecular weight is 217 g/mol. The van der Waals surface area contributed by atoms with E-state index in [1.165, 1.54) is 11.3 Å². The van der Waals surface area contributed by atoms with E-state index in [0.717, 1.165) is 6.54 Å². The third-order valence-electron chi connectivity index (χ3n) is 2.81. The topological polar surface area (TPSA) is 39.1 Å². The lowest BCUT2D eigenvalue weighted by atomic mass is 10.1. The number of para-hydroxylation sites is 1. The molecule has 1 atom stereocenters. The van der Waals surface area contributed by atoms with Gasteiger partial charge in [0.15, 0.2) is 0 Å². The van der Waals surface area contributed by atoms with Gasteiger partial charge in [-0.15, -0.1) is 0 Å². The molecule has 3 heteroatoms. The second-order valence-corrected chi connectivity index (χ2v) is 3.90.